The number of methoxy groups -OCH3 is 1. The highest BCUT2D eigenvalue weighted by atomic mass is 32.1. The van der Waals surface area contributed by atoms with Crippen LogP contribution in [0.3, 0.4) is 0 Å². The summed E-state index contributed by atoms with van der Waals surface area (Å²) in [5.74, 6) is -2.65. The van der Waals surface area contributed by atoms with Crippen molar-refractivity contribution in [3.8, 4) is 0 Å². The number of amides is 3. The summed E-state index contributed by atoms with van der Waals surface area (Å²) < 4.78 is 22.4. The molecule has 0 aliphatic heterocycles. The van der Waals surface area contributed by atoms with Crippen molar-refractivity contribution in [2.75, 3.05) is 19.0 Å². The van der Waals surface area contributed by atoms with Crippen LogP contribution in [0.1, 0.15) is 42.9 Å². The zero-order chi connectivity index (χ0) is 20.8. The lowest BCUT2D eigenvalue weighted by molar-refractivity contribution is 0.0531. The number of carbonyl (C=O) groups is 4. The molecule has 148 valence electrons. The van der Waals surface area contributed by atoms with Gasteiger partial charge >= 0.3 is 12.1 Å². The molecule has 8 nitrogen and oxygen atoms in total. The number of benzene rings is 1. The molecule has 0 aliphatic carbocycles. The molecule has 2 aromatic rings. The summed E-state index contributed by atoms with van der Waals surface area (Å²) in [5, 5.41) is 4.54. The van der Waals surface area contributed by atoms with E-state index in [1.165, 1.54) is 19.1 Å². The molecule has 0 atom stereocenters. The van der Waals surface area contributed by atoms with Gasteiger partial charge in [0.25, 0.3) is 11.8 Å². The van der Waals surface area contributed by atoms with Gasteiger partial charge in [-0.25, -0.2) is 14.0 Å². The van der Waals surface area contributed by atoms with E-state index in [0.29, 0.717) is 0 Å². The third-order valence-corrected chi connectivity index (χ3v) is 4.76. The van der Waals surface area contributed by atoms with Crippen LogP contribution in [0.2, 0.25) is 0 Å². The SMILES string of the molecule is CCOC(=O)c1sc(NC(=O)c2ccc(F)cc2)c(C(=O)NC(=O)OC)c1C. The maximum Gasteiger partial charge on any atom is 0.413 e. The third kappa shape index (κ3) is 4.71. The Morgan fingerprint density at radius 3 is 2.32 bits per heavy atom. The average molecular weight is 408 g/mol. The highest BCUT2D eigenvalue weighted by Gasteiger charge is 2.27. The van der Waals surface area contributed by atoms with Gasteiger partial charge in [0.2, 0.25) is 0 Å². The molecule has 3 amide bonds. The number of carbonyl (C=O) groups excluding carboxylic acids is 4. The van der Waals surface area contributed by atoms with E-state index in [2.05, 4.69) is 10.1 Å². The number of anilines is 1. The Hall–Kier alpha value is -3.27. The predicted molar refractivity (Wildman–Crippen MR) is 99.2 cm³/mol. The molecule has 1 aromatic heterocycles. The zero-order valence-corrected chi connectivity index (χ0v) is 16.1. The first-order valence-electron chi connectivity index (χ1n) is 8.05. The molecule has 0 saturated heterocycles. The largest absolute Gasteiger partial charge is 0.462 e. The van der Waals surface area contributed by atoms with Crippen LogP contribution in [0.25, 0.3) is 0 Å². The van der Waals surface area contributed by atoms with Crippen molar-refractivity contribution in [2.24, 2.45) is 0 Å². The van der Waals surface area contributed by atoms with Gasteiger partial charge in [-0.3, -0.25) is 14.9 Å². The van der Waals surface area contributed by atoms with Crippen LogP contribution < -0.4 is 10.6 Å². The van der Waals surface area contributed by atoms with Crippen molar-refractivity contribution in [2.45, 2.75) is 13.8 Å². The number of hydrogen-bond acceptors (Lipinski definition) is 7. The summed E-state index contributed by atoms with van der Waals surface area (Å²) in [7, 11) is 1.09. The fraction of sp³-hybridized carbons (Fsp3) is 0.222. The number of thiophene rings is 1. The van der Waals surface area contributed by atoms with Crippen molar-refractivity contribution in [1.29, 1.82) is 0 Å². The molecule has 1 heterocycles. The molecule has 10 heteroatoms. The van der Waals surface area contributed by atoms with Gasteiger partial charge in [0.15, 0.2) is 0 Å². The fourth-order valence-electron chi connectivity index (χ4n) is 2.25. The van der Waals surface area contributed by atoms with Gasteiger partial charge in [0, 0.05) is 5.56 Å². The minimum Gasteiger partial charge on any atom is -0.462 e. The van der Waals surface area contributed by atoms with Crippen LogP contribution in [-0.4, -0.2) is 37.6 Å². The summed E-state index contributed by atoms with van der Waals surface area (Å²) in [5.41, 5.74) is 0.303. The van der Waals surface area contributed by atoms with E-state index < -0.39 is 29.7 Å². The van der Waals surface area contributed by atoms with Crippen LogP contribution >= 0.6 is 11.3 Å². The number of ether oxygens (including phenoxy) is 2. The number of hydrogen-bond donors (Lipinski definition) is 2. The summed E-state index contributed by atoms with van der Waals surface area (Å²) in [6, 6.07) is 4.77. The Bertz CT molecular complexity index is 923. The molecule has 2 N–H and O–H groups in total. The maximum atomic E-state index is 13.0. The Kier molecular flexibility index (Phi) is 6.83. The lowest BCUT2D eigenvalue weighted by Crippen LogP contribution is -2.31. The molecule has 0 bridgehead atoms. The first-order chi connectivity index (χ1) is 13.3. The van der Waals surface area contributed by atoms with E-state index in [0.717, 1.165) is 30.6 Å². The monoisotopic (exact) mass is 408 g/mol. The van der Waals surface area contributed by atoms with Gasteiger partial charge in [-0.15, -0.1) is 11.3 Å². The van der Waals surface area contributed by atoms with Crippen LogP contribution in [-0.2, 0) is 9.47 Å². The van der Waals surface area contributed by atoms with Crippen LogP contribution in [0.5, 0.6) is 0 Å². The topological polar surface area (TPSA) is 111 Å². The number of alkyl carbamates (subject to hydrolysis) is 1. The number of nitrogens with one attached hydrogen (secondary N) is 2. The number of imide groups is 1. The second-order valence-electron chi connectivity index (χ2n) is 5.39. The Labute approximate surface area is 163 Å². The molecule has 0 aliphatic rings. The van der Waals surface area contributed by atoms with Gasteiger partial charge < -0.3 is 14.8 Å². The van der Waals surface area contributed by atoms with Gasteiger partial charge in [-0.1, -0.05) is 0 Å². The van der Waals surface area contributed by atoms with Gasteiger partial charge in [0.1, 0.15) is 15.7 Å². The molecule has 0 fully saturated rings. The smallest absolute Gasteiger partial charge is 0.413 e. The maximum absolute atomic E-state index is 13.0. The minimum atomic E-state index is -0.996. The Morgan fingerprint density at radius 1 is 1.11 bits per heavy atom. The van der Waals surface area contributed by atoms with Crippen molar-refractivity contribution >= 4 is 40.2 Å². The Balaban J connectivity index is 2.42. The lowest BCUT2D eigenvalue weighted by atomic mass is 10.1. The molecule has 0 saturated carbocycles. The third-order valence-electron chi connectivity index (χ3n) is 3.57. The normalized spacial score (nSPS) is 10.1. The summed E-state index contributed by atoms with van der Waals surface area (Å²) >= 11 is 0.830. The quantitative estimate of drug-likeness (QED) is 0.736. The van der Waals surface area contributed by atoms with E-state index in [-0.39, 0.29) is 33.2 Å². The Morgan fingerprint density at radius 2 is 1.75 bits per heavy atom. The summed E-state index contributed by atoms with van der Waals surface area (Å²) in [6.45, 7) is 3.24. The minimum absolute atomic E-state index is 0.0382. The lowest BCUT2D eigenvalue weighted by Gasteiger charge is -2.07. The van der Waals surface area contributed by atoms with E-state index in [1.54, 1.807) is 6.92 Å². The molecule has 28 heavy (non-hydrogen) atoms. The van der Waals surface area contributed by atoms with Crippen molar-refractivity contribution < 1.29 is 33.0 Å². The van der Waals surface area contributed by atoms with Gasteiger partial charge in [-0.2, -0.15) is 0 Å². The van der Waals surface area contributed by atoms with Gasteiger partial charge in [-0.05, 0) is 43.7 Å². The van der Waals surface area contributed by atoms with Crippen molar-refractivity contribution in [1.82, 2.24) is 5.32 Å². The summed E-state index contributed by atoms with van der Waals surface area (Å²) in [6.07, 6.45) is -0.996. The van der Waals surface area contributed by atoms with E-state index in [4.69, 9.17) is 4.74 Å². The second kappa shape index (κ2) is 9.09. The molecule has 0 unspecified atom stereocenters. The van der Waals surface area contributed by atoms with Crippen molar-refractivity contribution in [3.05, 3.63) is 51.7 Å². The second-order valence-corrected chi connectivity index (χ2v) is 6.41. The van der Waals surface area contributed by atoms with Gasteiger partial charge in [0.05, 0.1) is 19.3 Å². The van der Waals surface area contributed by atoms with Crippen LogP contribution in [0.4, 0.5) is 14.2 Å². The number of esters is 1. The van der Waals surface area contributed by atoms with Crippen LogP contribution in [0, 0.1) is 12.7 Å². The fourth-order valence-corrected chi connectivity index (χ4v) is 3.34. The van der Waals surface area contributed by atoms with E-state index in [1.807, 2.05) is 5.32 Å². The zero-order valence-electron chi connectivity index (χ0n) is 15.3. The van der Waals surface area contributed by atoms with Crippen molar-refractivity contribution in [3.63, 3.8) is 0 Å². The molecular weight excluding hydrogens is 391 g/mol. The molecule has 2 rings (SSSR count). The summed E-state index contributed by atoms with van der Waals surface area (Å²) in [4.78, 5) is 48.5. The average Bonchev–Trinajstić information content (AvgIpc) is 2.98. The van der Waals surface area contributed by atoms with Crippen LogP contribution in [0.15, 0.2) is 24.3 Å². The highest BCUT2D eigenvalue weighted by Crippen LogP contribution is 2.34. The molecular formula is C18H17FN2O6S. The number of halogens is 1. The first-order valence-corrected chi connectivity index (χ1v) is 8.86. The highest BCUT2D eigenvalue weighted by molar-refractivity contribution is 7.18. The van der Waals surface area contributed by atoms with E-state index >= 15 is 0 Å². The first kappa shape index (κ1) is 21.0. The van der Waals surface area contributed by atoms with E-state index in [9.17, 15) is 23.6 Å². The molecule has 0 radical (unpaired) electrons. The predicted octanol–water partition coefficient (Wildman–Crippen LogP) is 3.12. The standard InChI is InChI=1S/C18H17FN2O6S/c1-4-27-17(24)13-9(2)12(15(23)21-18(25)26-3)16(28-13)20-14(22)10-5-7-11(19)8-6-10/h5-8H,4H2,1-3H3,(H,20,22)(H,21,23,25). The molecule has 0 spiro atoms. The number of rotatable bonds is 5. The molecule has 1 aromatic carbocycles.